The van der Waals surface area contributed by atoms with Gasteiger partial charge in [-0.05, 0) is 30.9 Å². The van der Waals surface area contributed by atoms with E-state index in [9.17, 15) is 19.2 Å². The normalized spacial score (nSPS) is 17.6. The predicted molar refractivity (Wildman–Crippen MR) is 104 cm³/mol. The van der Waals surface area contributed by atoms with Gasteiger partial charge in [0, 0.05) is 17.9 Å². The quantitative estimate of drug-likeness (QED) is 0.541. The third kappa shape index (κ3) is 4.31. The van der Waals surface area contributed by atoms with Crippen LogP contribution in [0.15, 0.2) is 39.5 Å². The van der Waals surface area contributed by atoms with Crippen molar-refractivity contribution in [1.29, 1.82) is 0 Å². The van der Waals surface area contributed by atoms with Gasteiger partial charge >= 0.3 is 17.6 Å². The fraction of sp³-hybridized carbons (Fsp3) is 0.429. The molecule has 0 aliphatic carbocycles. The number of carbonyl (C=O) groups is 3. The molecule has 0 radical (unpaired) electrons. The zero-order chi connectivity index (χ0) is 21.1. The Balaban J connectivity index is 1.94. The molecule has 3 rings (SSSR count). The van der Waals surface area contributed by atoms with Gasteiger partial charge in [-0.15, -0.1) is 0 Å². The molecule has 2 atom stereocenters. The first-order chi connectivity index (χ1) is 13.8. The number of para-hydroxylation sites is 1. The third-order valence-electron chi connectivity index (χ3n) is 4.78. The van der Waals surface area contributed by atoms with Gasteiger partial charge in [-0.1, -0.05) is 26.0 Å². The summed E-state index contributed by atoms with van der Waals surface area (Å²) in [6, 6.07) is 7.03. The smallest absolute Gasteiger partial charge is 0.347 e. The molecule has 1 aromatic heterocycles. The van der Waals surface area contributed by atoms with E-state index in [0.717, 1.165) is 0 Å². The van der Waals surface area contributed by atoms with Gasteiger partial charge in [0.1, 0.15) is 11.6 Å². The van der Waals surface area contributed by atoms with E-state index in [1.807, 2.05) is 13.8 Å². The SMILES string of the molecule is COC(=O)[C@H](CC(C)C)OC(=O)[C@@H]1CCC(=O)N1c1cc(=O)oc2ccccc12. The molecule has 1 amide bonds. The van der Waals surface area contributed by atoms with Crippen LogP contribution in [0.2, 0.25) is 0 Å². The summed E-state index contributed by atoms with van der Waals surface area (Å²) in [5.41, 5.74) is -0.0217. The fourth-order valence-corrected chi connectivity index (χ4v) is 3.47. The lowest BCUT2D eigenvalue weighted by molar-refractivity contribution is -0.167. The van der Waals surface area contributed by atoms with E-state index in [2.05, 4.69) is 0 Å². The van der Waals surface area contributed by atoms with E-state index in [4.69, 9.17) is 13.9 Å². The molecule has 8 heteroatoms. The summed E-state index contributed by atoms with van der Waals surface area (Å²) in [5.74, 6) is -1.56. The highest BCUT2D eigenvalue weighted by Crippen LogP contribution is 2.32. The number of esters is 2. The summed E-state index contributed by atoms with van der Waals surface area (Å²) in [7, 11) is 1.23. The van der Waals surface area contributed by atoms with E-state index in [-0.39, 0.29) is 24.7 Å². The van der Waals surface area contributed by atoms with Crippen LogP contribution >= 0.6 is 0 Å². The van der Waals surface area contributed by atoms with Crippen LogP contribution in [-0.2, 0) is 23.9 Å². The number of benzene rings is 1. The molecule has 0 spiro atoms. The maximum absolute atomic E-state index is 12.9. The molecule has 0 unspecified atom stereocenters. The topological polar surface area (TPSA) is 103 Å². The van der Waals surface area contributed by atoms with Crippen molar-refractivity contribution in [3.63, 3.8) is 0 Å². The Morgan fingerprint density at radius 1 is 1.24 bits per heavy atom. The Bertz CT molecular complexity index is 994. The standard InChI is InChI=1S/C21H23NO7/c1-12(2)10-17(21(26)27-3)29-20(25)14-8-9-18(23)22(14)15-11-19(24)28-16-7-5-4-6-13(15)16/h4-7,11-12,14,17H,8-10H2,1-3H3/t14-,17-/m0/s1. The largest absolute Gasteiger partial charge is 0.466 e. The molecule has 1 saturated heterocycles. The van der Waals surface area contributed by atoms with Crippen molar-refractivity contribution in [2.24, 2.45) is 5.92 Å². The van der Waals surface area contributed by atoms with Crippen molar-refractivity contribution in [3.05, 3.63) is 40.8 Å². The van der Waals surface area contributed by atoms with Gasteiger partial charge < -0.3 is 13.9 Å². The summed E-state index contributed by atoms with van der Waals surface area (Å²) in [6.45, 7) is 3.79. The number of fused-ring (bicyclic) bond motifs is 1. The average molecular weight is 401 g/mol. The summed E-state index contributed by atoms with van der Waals surface area (Å²) >= 11 is 0. The summed E-state index contributed by atoms with van der Waals surface area (Å²) in [5, 5.41) is 0.534. The number of nitrogens with zero attached hydrogens (tertiary/aromatic N) is 1. The second-order valence-electron chi connectivity index (χ2n) is 7.34. The van der Waals surface area contributed by atoms with Gasteiger partial charge in [-0.25, -0.2) is 14.4 Å². The first kappa shape index (κ1) is 20.6. The summed E-state index contributed by atoms with van der Waals surface area (Å²) in [4.78, 5) is 50.7. The minimum Gasteiger partial charge on any atom is -0.466 e. The number of amides is 1. The van der Waals surface area contributed by atoms with Crippen LogP contribution in [0.25, 0.3) is 11.0 Å². The Morgan fingerprint density at radius 3 is 2.66 bits per heavy atom. The maximum atomic E-state index is 12.9. The molecule has 2 heterocycles. The van der Waals surface area contributed by atoms with E-state index < -0.39 is 29.7 Å². The van der Waals surface area contributed by atoms with E-state index in [0.29, 0.717) is 23.1 Å². The lowest BCUT2D eigenvalue weighted by atomic mass is 10.1. The van der Waals surface area contributed by atoms with Crippen LogP contribution in [0.1, 0.15) is 33.1 Å². The highest BCUT2D eigenvalue weighted by molar-refractivity contribution is 6.08. The minimum atomic E-state index is -1.05. The van der Waals surface area contributed by atoms with Crippen LogP contribution in [0.5, 0.6) is 0 Å². The van der Waals surface area contributed by atoms with Crippen LogP contribution < -0.4 is 10.5 Å². The van der Waals surface area contributed by atoms with Crippen molar-refractivity contribution < 1.29 is 28.3 Å². The Labute approximate surface area is 167 Å². The third-order valence-corrected chi connectivity index (χ3v) is 4.78. The Morgan fingerprint density at radius 2 is 1.97 bits per heavy atom. The van der Waals surface area contributed by atoms with Crippen LogP contribution in [-0.4, -0.2) is 37.1 Å². The highest BCUT2D eigenvalue weighted by Gasteiger charge is 2.41. The van der Waals surface area contributed by atoms with Crippen molar-refractivity contribution >= 4 is 34.5 Å². The average Bonchev–Trinajstić information content (AvgIpc) is 3.07. The van der Waals surface area contributed by atoms with Gasteiger partial charge in [0.2, 0.25) is 5.91 Å². The zero-order valence-electron chi connectivity index (χ0n) is 16.5. The monoisotopic (exact) mass is 401 g/mol. The van der Waals surface area contributed by atoms with Crippen molar-refractivity contribution in [2.75, 3.05) is 12.0 Å². The van der Waals surface area contributed by atoms with E-state index >= 15 is 0 Å². The molecule has 8 nitrogen and oxygen atoms in total. The number of anilines is 1. The summed E-state index contributed by atoms with van der Waals surface area (Å²) < 4.78 is 15.3. The van der Waals surface area contributed by atoms with Gasteiger partial charge in [0.25, 0.3) is 0 Å². The Kier molecular flexibility index (Phi) is 6.00. The van der Waals surface area contributed by atoms with Crippen molar-refractivity contribution in [3.8, 4) is 0 Å². The van der Waals surface area contributed by atoms with E-state index in [1.165, 1.54) is 18.1 Å². The predicted octanol–water partition coefficient (Wildman–Crippen LogP) is 2.42. The van der Waals surface area contributed by atoms with Crippen LogP contribution in [0.4, 0.5) is 5.69 Å². The minimum absolute atomic E-state index is 0.0934. The van der Waals surface area contributed by atoms with Gasteiger partial charge in [-0.3, -0.25) is 9.69 Å². The maximum Gasteiger partial charge on any atom is 0.347 e. The molecule has 0 bridgehead atoms. The molecule has 154 valence electrons. The first-order valence-electron chi connectivity index (χ1n) is 9.45. The number of hydrogen-bond donors (Lipinski definition) is 0. The molecule has 1 aromatic carbocycles. The van der Waals surface area contributed by atoms with Gasteiger partial charge in [0.05, 0.1) is 12.8 Å². The first-order valence-corrected chi connectivity index (χ1v) is 9.45. The fourth-order valence-electron chi connectivity index (χ4n) is 3.47. The van der Waals surface area contributed by atoms with Crippen LogP contribution in [0, 0.1) is 5.92 Å². The molecule has 1 aliphatic rings. The molecule has 0 N–H and O–H groups in total. The molecular weight excluding hydrogens is 378 g/mol. The number of rotatable bonds is 6. The van der Waals surface area contributed by atoms with Crippen molar-refractivity contribution in [1.82, 2.24) is 0 Å². The zero-order valence-corrected chi connectivity index (χ0v) is 16.5. The van der Waals surface area contributed by atoms with Crippen molar-refractivity contribution in [2.45, 2.75) is 45.3 Å². The lowest BCUT2D eigenvalue weighted by Crippen LogP contribution is -2.43. The molecule has 29 heavy (non-hydrogen) atoms. The van der Waals surface area contributed by atoms with E-state index in [1.54, 1.807) is 24.3 Å². The number of hydrogen-bond acceptors (Lipinski definition) is 7. The molecule has 1 aliphatic heterocycles. The van der Waals surface area contributed by atoms with Crippen LogP contribution in [0.3, 0.4) is 0 Å². The number of ether oxygens (including phenoxy) is 2. The molecule has 1 fully saturated rings. The lowest BCUT2D eigenvalue weighted by Gasteiger charge is -2.26. The second-order valence-corrected chi connectivity index (χ2v) is 7.34. The summed E-state index contributed by atoms with van der Waals surface area (Å²) in [6.07, 6.45) is -0.400. The molecule has 2 aromatic rings. The Hall–Kier alpha value is -3.16. The molecule has 0 saturated carbocycles. The highest BCUT2D eigenvalue weighted by atomic mass is 16.6. The van der Waals surface area contributed by atoms with Gasteiger partial charge in [-0.2, -0.15) is 0 Å². The number of methoxy groups -OCH3 is 1. The number of carbonyl (C=O) groups excluding carboxylic acids is 3. The molecular formula is C21H23NO7. The second kappa shape index (κ2) is 8.46. The van der Waals surface area contributed by atoms with Gasteiger partial charge in [0.15, 0.2) is 6.10 Å².